The lowest BCUT2D eigenvalue weighted by Crippen LogP contribution is -2.37. The summed E-state index contributed by atoms with van der Waals surface area (Å²) in [7, 11) is 0. The fraction of sp³-hybridized carbons (Fsp3) is 0.222. The highest BCUT2D eigenvalue weighted by atomic mass is 16.3. The van der Waals surface area contributed by atoms with Crippen molar-refractivity contribution in [2.75, 3.05) is 6.54 Å². The molecule has 0 radical (unpaired) electrons. The van der Waals surface area contributed by atoms with E-state index in [0.717, 1.165) is 22.2 Å². The first-order chi connectivity index (χ1) is 11.6. The number of para-hydroxylation sites is 1. The third kappa shape index (κ3) is 3.65. The molecule has 3 rings (SSSR count). The smallest absolute Gasteiger partial charge is 0.239 e. The second kappa shape index (κ2) is 7.04. The second-order valence-electron chi connectivity index (χ2n) is 5.58. The molecule has 3 N–H and O–H groups in total. The number of aryl methyl sites for hydroxylation is 1. The zero-order valence-electron chi connectivity index (χ0n) is 13.4. The Bertz CT molecular complexity index is 850. The van der Waals surface area contributed by atoms with Gasteiger partial charge in [-0.25, -0.2) is 0 Å². The first-order valence-electron chi connectivity index (χ1n) is 7.75. The molecule has 0 saturated carbocycles. The van der Waals surface area contributed by atoms with Crippen molar-refractivity contribution in [2.45, 2.75) is 19.9 Å². The van der Waals surface area contributed by atoms with Crippen molar-refractivity contribution in [3.8, 4) is 0 Å². The second-order valence-corrected chi connectivity index (χ2v) is 5.58. The average molecular weight is 325 g/mol. The molecule has 0 saturated heterocycles. The van der Waals surface area contributed by atoms with Crippen molar-refractivity contribution in [3.05, 3.63) is 59.7 Å². The Labute approximate surface area is 139 Å². The summed E-state index contributed by atoms with van der Waals surface area (Å²) in [5.41, 5.74) is 2.93. The van der Waals surface area contributed by atoms with Crippen LogP contribution < -0.4 is 10.6 Å². The maximum atomic E-state index is 12.1. The standard InChI is InChI=1S/C18H19N3O3/c1-12-15(14-6-2-3-7-16(14)21-12)9-17(22)20-11-18(23)19-10-13-5-4-8-24-13/h2-8,21H,9-11H2,1H3,(H,19,23)(H,20,22). The number of amides is 2. The molecule has 124 valence electrons. The maximum absolute atomic E-state index is 12.1. The molecule has 0 unspecified atom stereocenters. The lowest BCUT2D eigenvalue weighted by atomic mass is 10.1. The van der Waals surface area contributed by atoms with Crippen LogP contribution in [0.2, 0.25) is 0 Å². The SMILES string of the molecule is Cc1[nH]c2ccccc2c1CC(=O)NCC(=O)NCc1ccco1. The van der Waals surface area contributed by atoms with E-state index in [0.29, 0.717) is 12.3 Å². The number of H-pyrrole nitrogens is 1. The Hall–Kier alpha value is -3.02. The predicted octanol–water partition coefficient (Wildman–Crippen LogP) is 2.04. The van der Waals surface area contributed by atoms with Gasteiger partial charge in [0.15, 0.2) is 0 Å². The number of furan rings is 1. The highest BCUT2D eigenvalue weighted by Crippen LogP contribution is 2.22. The summed E-state index contributed by atoms with van der Waals surface area (Å²) in [6, 6.07) is 11.4. The molecule has 2 heterocycles. The number of benzene rings is 1. The molecule has 6 nitrogen and oxygen atoms in total. The van der Waals surface area contributed by atoms with Crippen molar-refractivity contribution < 1.29 is 14.0 Å². The number of rotatable bonds is 6. The monoisotopic (exact) mass is 325 g/mol. The highest BCUT2D eigenvalue weighted by molar-refractivity contribution is 5.91. The maximum Gasteiger partial charge on any atom is 0.239 e. The third-order valence-corrected chi connectivity index (χ3v) is 3.85. The molecule has 0 spiro atoms. The van der Waals surface area contributed by atoms with Crippen LogP contribution in [0.3, 0.4) is 0 Å². The summed E-state index contributed by atoms with van der Waals surface area (Å²) in [5.74, 6) is 0.232. The summed E-state index contributed by atoms with van der Waals surface area (Å²) in [5, 5.41) is 6.37. The number of aromatic amines is 1. The van der Waals surface area contributed by atoms with Crippen LogP contribution in [-0.4, -0.2) is 23.3 Å². The molecular weight excluding hydrogens is 306 g/mol. The molecule has 3 aromatic rings. The molecule has 0 atom stereocenters. The fourth-order valence-electron chi connectivity index (χ4n) is 2.63. The van der Waals surface area contributed by atoms with Gasteiger partial charge in [0.2, 0.25) is 11.8 Å². The fourth-order valence-corrected chi connectivity index (χ4v) is 2.63. The van der Waals surface area contributed by atoms with Gasteiger partial charge in [0, 0.05) is 16.6 Å². The molecule has 6 heteroatoms. The van der Waals surface area contributed by atoms with Crippen molar-refractivity contribution in [1.82, 2.24) is 15.6 Å². The minimum atomic E-state index is -0.254. The number of carbonyl (C=O) groups excluding carboxylic acids is 2. The van der Waals surface area contributed by atoms with Gasteiger partial charge in [-0.05, 0) is 30.7 Å². The van der Waals surface area contributed by atoms with E-state index in [1.54, 1.807) is 18.4 Å². The van der Waals surface area contributed by atoms with Crippen LogP contribution in [0.15, 0.2) is 47.1 Å². The van der Waals surface area contributed by atoms with Crippen LogP contribution in [-0.2, 0) is 22.6 Å². The number of hydrogen-bond acceptors (Lipinski definition) is 3. The average Bonchev–Trinajstić information content (AvgIpc) is 3.20. The van der Waals surface area contributed by atoms with E-state index in [2.05, 4.69) is 15.6 Å². The number of carbonyl (C=O) groups is 2. The summed E-state index contributed by atoms with van der Waals surface area (Å²) in [6.45, 7) is 2.20. The zero-order chi connectivity index (χ0) is 16.9. The topological polar surface area (TPSA) is 87.1 Å². The van der Waals surface area contributed by atoms with Gasteiger partial charge >= 0.3 is 0 Å². The summed E-state index contributed by atoms with van der Waals surface area (Å²) < 4.78 is 5.13. The van der Waals surface area contributed by atoms with Gasteiger partial charge < -0.3 is 20.0 Å². The van der Waals surface area contributed by atoms with Crippen molar-refractivity contribution >= 4 is 22.7 Å². The number of nitrogens with one attached hydrogen (secondary N) is 3. The minimum absolute atomic E-state index is 0.0546. The van der Waals surface area contributed by atoms with E-state index in [1.807, 2.05) is 31.2 Å². The zero-order valence-corrected chi connectivity index (χ0v) is 13.4. The first kappa shape index (κ1) is 15.9. The predicted molar refractivity (Wildman–Crippen MR) is 90.3 cm³/mol. The largest absolute Gasteiger partial charge is 0.467 e. The highest BCUT2D eigenvalue weighted by Gasteiger charge is 2.13. The Kier molecular flexibility index (Phi) is 4.65. The molecule has 0 aliphatic carbocycles. The number of aromatic nitrogens is 1. The Morgan fingerprint density at radius 3 is 2.71 bits per heavy atom. The van der Waals surface area contributed by atoms with Gasteiger partial charge in [0.05, 0.1) is 25.8 Å². The van der Waals surface area contributed by atoms with Gasteiger partial charge in [0.1, 0.15) is 5.76 Å². The van der Waals surface area contributed by atoms with E-state index < -0.39 is 0 Å². The Balaban J connectivity index is 1.51. The van der Waals surface area contributed by atoms with Crippen LogP contribution in [0.4, 0.5) is 0 Å². The molecule has 0 fully saturated rings. The van der Waals surface area contributed by atoms with Crippen LogP contribution in [0.5, 0.6) is 0 Å². The van der Waals surface area contributed by atoms with E-state index in [9.17, 15) is 9.59 Å². The van der Waals surface area contributed by atoms with Crippen LogP contribution >= 0.6 is 0 Å². The van der Waals surface area contributed by atoms with Crippen molar-refractivity contribution in [3.63, 3.8) is 0 Å². The molecular formula is C18H19N3O3. The van der Waals surface area contributed by atoms with Gasteiger partial charge in [-0.3, -0.25) is 9.59 Å². The van der Waals surface area contributed by atoms with Crippen LogP contribution in [0.1, 0.15) is 17.0 Å². The van der Waals surface area contributed by atoms with E-state index in [-0.39, 0.29) is 24.8 Å². The van der Waals surface area contributed by atoms with Crippen molar-refractivity contribution in [1.29, 1.82) is 0 Å². The van der Waals surface area contributed by atoms with E-state index >= 15 is 0 Å². The van der Waals surface area contributed by atoms with E-state index in [4.69, 9.17) is 4.42 Å². The summed E-state index contributed by atoms with van der Waals surface area (Å²) in [6.07, 6.45) is 1.79. The Morgan fingerprint density at radius 2 is 1.92 bits per heavy atom. The lowest BCUT2D eigenvalue weighted by Gasteiger charge is -2.06. The van der Waals surface area contributed by atoms with Gasteiger partial charge in [-0.1, -0.05) is 18.2 Å². The third-order valence-electron chi connectivity index (χ3n) is 3.85. The number of fused-ring (bicyclic) bond motifs is 1. The van der Waals surface area contributed by atoms with Crippen molar-refractivity contribution in [2.24, 2.45) is 0 Å². The molecule has 2 amide bonds. The quantitative estimate of drug-likeness (QED) is 0.648. The van der Waals surface area contributed by atoms with Crippen LogP contribution in [0.25, 0.3) is 10.9 Å². The van der Waals surface area contributed by atoms with Gasteiger partial charge in [-0.2, -0.15) is 0 Å². The van der Waals surface area contributed by atoms with E-state index in [1.165, 1.54) is 0 Å². The summed E-state index contributed by atoms with van der Waals surface area (Å²) >= 11 is 0. The summed E-state index contributed by atoms with van der Waals surface area (Å²) in [4.78, 5) is 27.1. The normalized spacial score (nSPS) is 10.7. The van der Waals surface area contributed by atoms with Gasteiger partial charge in [-0.15, -0.1) is 0 Å². The molecule has 2 aromatic heterocycles. The Morgan fingerprint density at radius 1 is 1.08 bits per heavy atom. The first-order valence-corrected chi connectivity index (χ1v) is 7.75. The number of hydrogen-bond donors (Lipinski definition) is 3. The minimum Gasteiger partial charge on any atom is -0.467 e. The van der Waals surface area contributed by atoms with Crippen LogP contribution in [0, 0.1) is 6.92 Å². The molecule has 24 heavy (non-hydrogen) atoms. The van der Waals surface area contributed by atoms with Gasteiger partial charge in [0.25, 0.3) is 0 Å². The molecule has 0 bridgehead atoms. The molecule has 1 aromatic carbocycles. The molecule has 0 aliphatic rings. The lowest BCUT2D eigenvalue weighted by molar-refractivity contribution is -0.125. The molecule has 0 aliphatic heterocycles.